The van der Waals surface area contributed by atoms with Gasteiger partial charge in [0.2, 0.25) is 0 Å². The average Bonchev–Trinajstić information content (AvgIpc) is 0.940. The van der Waals surface area contributed by atoms with Gasteiger partial charge >= 0.3 is 0 Å². The highest BCUT2D eigenvalue weighted by Gasteiger charge is 2.25. The van der Waals surface area contributed by atoms with Gasteiger partial charge in [-0.2, -0.15) is 0 Å². The van der Waals surface area contributed by atoms with E-state index in [-0.39, 0.29) is 12.2 Å². The lowest BCUT2D eigenvalue weighted by Crippen LogP contribution is -2.48. The number of hydrogen-bond acceptors (Lipinski definition) is 4. The number of ether oxygens (including phenoxy) is 4. The largest absolute Gasteiger partial charge is 0.379 e. The van der Waals surface area contributed by atoms with Gasteiger partial charge < -0.3 is 27.9 Å². The van der Waals surface area contributed by atoms with Gasteiger partial charge in [-0.15, -0.1) is 0 Å². The van der Waals surface area contributed by atoms with Crippen LogP contribution in [0.25, 0.3) is 0 Å². The van der Waals surface area contributed by atoms with Gasteiger partial charge in [0.25, 0.3) is 0 Å². The standard InChI is InChI=1S/C96H198N2O4/c1-9-13-17-21-25-29-33-37-51-57-63-69-75-81-87-99-93-95(101-89-83-77-71-65-59-53-39-35-31-27-23-19-15-11-3)91-97(5,6)85-79-73-67-61-55-49-47-45-43-41-42-44-46-48-50-56-62-68-74-80-86-98(7,8)92-96(102-90-84-78-72-66-60-54-40-36-32-28-24-20-16-12-4)94-100-88-82-76-70-64-58-52-38-34-30-26-22-18-14-10-2/h95-96H,9-94H2,1-8H3/q+2. The van der Waals surface area contributed by atoms with Crippen LogP contribution in [0.15, 0.2) is 0 Å². The summed E-state index contributed by atoms with van der Waals surface area (Å²) in [6.45, 7) is 19.1. The summed E-state index contributed by atoms with van der Waals surface area (Å²) in [5, 5.41) is 0. The molecule has 0 saturated heterocycles. The van der Waals surface area contributed by atoms with Crippen LogP contribution in [0.3, 0.4) is 0 Å². The van der Waals surface area contributed by atoms with Crippen molar-refractivity contribution >= 4 is 0 Å². The van der Waals surface area contributed by atoms with Crippen LogP contribution in [-0.2, 0) is 18.9 Å². The second-order valence-corrected chi connectivity index (χ2v) is 35.3. The van der Waals surface area contributed by atoms with E-state index in [4.69, 9.17) is 18.9 Å². The molecule has 0 bridgehead atoms. The highest BCUT2D eigenvalue weighted by atomic mass is 16.5. The molecule has 0 aliphatic heterocycles. The van der Waals surface area contributed by atoms with Gasteiger partial charge in [-0.05, 0) is 51.4 Å². The van der Waals surface area contributed by atoms with Gasteiger partial charge in [-0.3, -0.25) is 0 Å². The number of quaternary nitrogens is 2. The lowest BCUT2D eigenvalue weighted by molar-refractivity contribution is -0.893. The summed E-state index contributed by atoms with van der Waals surface area (Å²) >= 11 is 0. The van der Waals surface area contributed by atoms with E-state index in [1.807, 2.05) is 0 Å². The van der Waals surface area contributed by atoms with Crippen molar-refractivity contribution in [2.75, 3.05) is 94.0 Å². The van der Waals surface area contributed by atoms with Crippen molar-refractivity contribution < 1.29 is 27.9 Å². The van der Waals surface area contributed by atoms with E-state index in [0.29, 0.717) is 0 Å². The first-order valence-electron chi connectivity index (χ1n) is 48.2. The quantitative estimate of drug-likeness (QED) is 0.0449. The van der Waals surface area contributed by atoms with Crippen LogP contribution < -0.4 is 0 Å². The third-order valence-corrected chi connectivity index (χ3v) is 23.3. The summed E-state index contributed by atoms with van der Waals surface area (Å²) in [6.07, 6.45) is 108. The van der Waals surface area contributed by atoms with Crippen LogP contribution in [0.4, 0.5) is 0 Å². The van der Waals surface area contributed by atoms with Crippen LogP contribution in [0.5, 0.6) is 0 Å². The van der Waals surface area contributed by atoms with Crippen LogP contribution in [0.2, 0.25) is 0 Å². The zero-order valence-corrected chi connectivity index (χ0v) is 72.5. The molecule has 0 heterocycles. The first-order valence-corrected chi connectivity index (χ1v) is 48.2. The fraction of sp³-hybridized carbons (Fsp3) is 1.00. The Kier molecular flexibility index (Phi) is 86.2. The van der Waals surface area contributed by atoms with E-state index in [9.17, 15) is 0 Å². The molecule has 0 aromatic heterocycles. The Morgan fingerprint density at radius 2 is 0.304 bits per heavy atom. The van der Waals surface area contributed by atoms with Gasteiger partial charge in [0, 0.05) is 26.4 Å². The van der Waals surface area contributed by atoms with Gasteiger partial charge in [0.1, 0.15) is 25.3 Å². The summed E-state index contributed by atoms with van der Waals surface area (Å²) < 4.78 is 28.2. The summed E-state index contributed by atoms with van der Waals surface area (Å²) in [5.74, 6) is 0. The van der Waals surface area contributed by atoms with Crippen molar-refractivity contribution in [3.63, 3.8) is 0 Å². The number of unbranched alkanes of at least 4 members (excludes halogenated alkanes) is 71. The van der Waals surface area contributed by atoms with Crippen molar-refractivity contribution in [1.82, 2.24) is 0 Å². The van der Waals surface area contributed by atoms with Crippen LogP contribution in [0.1, 0.15) is 516 Å². The highest BCUT2D eigenvalue weighted by Crippen LogP contribution is 2.22. The van der Waals surface area contributed by atoms with E-state index in [2.05, 4.69) is 55.9 Å². The lowest BCUT2D eigenvalue weighted by Gasteiger charge is -2.33. The Hall–Kier alpha value is -0.240. The SMILES string of the molecule is CCCCCCCCCCCCCCCCOCC(C[N+](C)(C)CCCCCCCCCCCCCCCCCCCCCC[N+](C)(C)CC(COCCCCCCCCCCCCCCCC)OCCCCCCCCCCCCCCCC)OCCCCCCCCCCCCCCCC. The van der Waals surface area contributed by atoms with E-state index in [1.54, 1.807) is 0 Å². The molecule has 0 aromatic carbocycles. The highest BCUT2D eigenvalue weighted by molar-refractivity contribution is 4.62. The molecule has 0 aromatic rings. The van der Waals surface area contributed by atoms with E-state index >= 15 is 0 Å². The molecule has 0 spiro atoms. The monoisotopic (exact) mass is 1440 g/mol. The molecule has 0 aliphatic rings. The third-order valence-electron chi connectivity index (χ3n) is 23.3. The molecule has 0 fully saturated rings. The third kappa shape index (κ3) is 85.4. The topological polar surface area (TPSA) is 36.9 Å². The van der Waals surface area contributed by atoms with Gasteiger partial charge in [0.15, 0.2) is 0 Å². The molecule has 0 amide bonds. The fourth-order valence-electron chi connectivity index (χ4n) is 16.2. The minimum atomic E-state index is 0.215. The minimum Gasteiger partial charge on any atom is -0.379 e. The Bertz CT molecular complexity index is 1380. The fourth-order valence-corrected chi connectivity index (χ4v) is 16.2. The normalized spacial score (nSPS) is 12.8. The maximum Gasteiger partial charge on any atom is 0.130 e. The molecular formula is C96H198N2O4+2. The molecule has 2 atom stereocenters. The number of rotatable bonds is 93. The van der Waals surface area contributed by atoms with E-state index in [0.717, 1.165) is 61.7 Å². The predicted molar refractivity (Wildman–Crippen MR) is 458 cm³/mol. The Labute approximate surface area is 646 Å². The molecular weight excluding hydrogens is 1250 g/mol. The minimum absolute atomic E-state index is 0.215. The summed E-state index contributed by atoms with van der Waals surface area (Å²) in [6, 6.07) is 0. The molecule has 6 nitrogen and oxygen atoms in total. The van der Waals surface area contributed by atoms with Crippen molar-refractivity contribution in [2.45, 2.75) is 528 Å². The van der Waals surface area contributed by atoms with Crippen molar-refractivity contribution in [3.05, 3.63) is 0 Å². The first kappa shape index (κ1) is 102. The zero-order chi connectivity index (χ0) is 73.8. The smallest absolute Gasteiger partial charge is 0.130 e. The summed E-state index contributed by atoms with van der Waals surface area (Å²) in [4.78, 5) is 0. The Balaban J connectivity index is 4.31. The number of likely N-dealkylation sites (N-methyl/N-ethyl adjacent to an activating group) is 2. The zero-order valence-electron chi connectivity index (χ0n) is 72.5. The second-order valence-electron chi connectivity index (χ2n) is 35.3. The van der Waals surface area contributed by atoms with Gasteiger partial charge in [-0.25, -0.2) is 0 Å². The molecule has 6 heteroatoms. The maximum absolute atomic E-state index is 6.67. The van der Waals surface area contributed by atoms with Crippen LogP contribution >= 0.6 is 0 Å². The molecule has 102 heavy (non-hydrogen) atoms. The van der Waals surface area contributed by atoms with Crippen LogP contribution in [-0.4, -0.2) is 115 Å². The number of nitrogens with zero attached hydrogens (tertiary/aromatic N) is 2. The second kappa shape index (κ2) is 86.4. The van der Waals surface area contributed by atoms with Crippen molar-refractivity contribution in [3.8, 4) is 0 Å². The lowest BCUT2D eigenvalue weighted by atomic mass is 10.0. The van der Waals surface area contributed by atoms with Gasteiger partial charge in [0.05, 0.1) is 54.5 Å². The molecule has 0 radical (unpaired) electrons. The van der Waals surface area contributed by atoms with Crippen molar-refractivity contribution in [1.29, 1.82) is 0 Å². The van der Waals surface area contributed by atoms with Crippen LogP contribution in [0, 0.1) is 0 Å². The Morgan fingerprint density at radius 1 is 0.167 bits per heavy atom. The van der Waals surface area contributed by atoms with Gasteiger partial charge in [-0.1, -0.05) is 464 Å². The van der Waals surface area contributed by atoms with E-state index < -0.39 is 0 Å². The molecule has 2 unspecified atom stereocenters. The molecule has 0 N–H and O–H groups in total. The summed E-state index contributed by atoms with van der Waals surface area (Å²) in [5.41, 5.74) is 0. The molecule has 0 rings (SSSR count). The summed E-state index contributed by atoms with van der Waals surface area (Å²) in [7, 11) is 9.79. The predicted octanol–water partition coefficient (Wildman–Crippen LogP) is 31.7. The average molecular weight is 1440 g/mol. The Morgan fingerprint density at radius 3 is 0.471 bits per heavy atom. The first-order chi connectivity index (χ1) is 50.2. The molecule has 614 valence electrons. The van der Waals surface area contributed by atoms with Crippen molar-refractivity contribution in [2.24, 2.45) is 0 Å². The van der Waals surface area contributed by atoms with E-state index in [1.165, 1.54) is 501 Å². The molecule has 0 aliphatic carbocycles. The molecule has 0 saturated carbocycles. The number of hydrogen-bond donors (Lipinski definition) is 0. The maximum atomic E-state index is 6.67.